The van der Waals surface area contributed by atoms with Crippen LogP contribution in [0.25, 0.3) is 0 Å². The van der Waals surface area contributed by atoms with Gasteiger partial charge in [-0.2, -0.15) is 4.98 Å². The van der Waals surface area contributed by atoms with E-state index in [9.17, 15) is 0 Å². The van der Waals surface area contributed by atoms with Crippen LogP contribution in [0, 0.1) is 0 Å². The van der Waals surface area contributed by atoms with Crippen LogP contribution in [0.4, 0.5) is 5.95 Å². The molecule has 0 bridgehead atoms. The number of hydrogen-bond acceptors (Lipinski definition) is 7. The normalized spacial score (nSPS) is 16.1. The van der Waals surface area contributed by atoms with Gasteiger partial charge in [-0.3, -0.25) is 4.90 Å². The monoisotopic (exact) mass is 302 g/mol. The zero-order chi connectivity index (χ0) is 15.2. The first-order valence-corrected chi connectivity index (χ1v) is 7.91. The van der Waals surface area contributed by atoms with E-state index in [1.54, 1.807) is 12.4 Å². The molecule has 0 unspecified atom stereocenters. The maximum absolute atomic E-state index is 5.33. The van der Waals surface area contributed by atoms with Gasteiger partial charge in [0.25, 0.3) is 0 Å². The lowest BCUT2D eigenvalue weighted by atomic mass is 10.2. The fourth-order valence-electron chi connectivity index (χ4n) is 2.54. The Bertz CT molecular complexity index is 564. The fraction of sp³-hybridized carbons (Fsp3) is 0.600. The second-order valence-corrected chi connectivity index (χ2v) is 5.52. The van der Waals surface area contributed by atoms with Gasteiger partial charge in [0.05, 0.1) is 6.54 Å². The maximum atomic E-state index is 5.33. The Labute approximate surface area is 130 Å². The van der Waals surface area contributed by atoms with Gasteiger partial charge >= 0.3 is 0 Å². The first-order chi connectivity index (χ1) is 10.8. The second kappa shape index (κ2) is 7.31. The molecule has 7 heteroatoms. The minimum absolute atomic E-state index is 0.718. The van der Waals surface area contributed by atoms with Gasteiger partial charge in [0.2, 0.25) is 11.8 Å². The number of nitrogens with zero attached hydrogens (tertiary/aromatic N) is 6. The molecule has 0 radical (unpaired) electrons. The number of unbranched alkanes of at least 4 members (excludes halogenated alkanes) is 1. The van der Waals surface area contributed by atoms with Crippen molar-refractivity contribution in [2.24, 2.45) is 0 Å². The van der Waals surface area contributed by atoms with Crippen LogP contribution in [-0.2, 0) is 13.0 Å². The molecule has 22 heavy (non-hydrogen) atoms. The quantitative estimate of drug-likeness (QED) is 0.801. The van der Waals surface area contributed by atoms with E-state index in [1.807, 2.05) is 6.07 Å². The summed E-state index contributed by atoms with van der Waals surface area (Å²) in [5.74, 6) is 2.35. The Balaban J connectivity index is 1.48. The number of piperazine rings is 1. The van der Waals surface area contributed by atoms with E-state index in [2.05, 4.69) is 36.8 Å². The number of anilines is 1. The third kappa shape index (κ3) is 3.79. The number of aromatic nitrogens is 4. The maximum Gasteiger partial charge on any atom is 0.240 e. The highest BCUT2D eigenvalue weighted by Gasteiger charge is 2.20. The van der Waals surface area contributed by atoms with Crippen molar-refractivity contribution in [2.75, 3.05) is 31.1 Å². The molecule has 1 aliphatic rings. The van der Waals surface area contributed by atoms with Gasteiger partial charge in [0, 0.05) is 45.0 Å². The average Bonchev–Trinajstić information content (AvgIpc) is 3.02. The summed E-state index contributed by atoms with van der Waals surface area (Å²) in [6, 6.07) is 1.84. The summed E-state index contributed by atoms with van der Waals surface area (Å²) in [5, 5.41) is 4.04. The molecule has 7 nitrogen and oxygen atoms in total. The summed E-state index contributed by atoms with van der Waals surface area (Å²) >= 11 is 0. The van der Waals surface area contributed by atoms with Crippen molar-refractivity contribution in [3.05, 3.63) is 30.2 Å². The molecule has 0 aliphatic carbocycles. The summed E-state index contributed by atoms with van der Waals surface area (Å²) in [4.78, 5) is 17.6. The topological polar surface area (TPSA) is 71.2 Å². The number of aryl methyl sites for hydroxylation is 1. The standard InChI is InChI=1S/C15H22N6O/c1-2-3-5-13-18-14(22-19-13)12-20-8-10-21(11-9-20)15-16-6-4-7-17-15/h4,6-7H,2-3,5,8-12H2,1H3. The van der Waals surface area contributed by atoms with Crippen molar-refractivity contribution >= 4 is 5.95 Å². The largest absolute Gasteiger partial charge is 0.338 e. The Morgan fingerprint density at radius 1 is 1.14 bits per heavy atom. The number of hydrogen-bond donors (Lipinski definition) is 0. The molecule has 0 N–H and O–H groups in total. The lowest BCUT2D eigenvalue weighted by Gasteiger charge is -2.33. The van der Waals surface area contributed by atoms with Crippen molar-refractivity contribution in [1.29, 1.82) is 0 Å². The highest BCUT2D eigenvalue weighted by atomic mass is 16.5. The zero-order valence-corrected chi connectivity index (χ0v) is 13.0. The lowest BCUT2D eigenvalue weighted by molar-refractivity contribution is 0.214. The third-order valence-corrected chi connectivity index (χ3v) is 3.83. The summed E-state index contributed by atoms with van der Waals surface area (Å²) in [6.45, 7) is 6.62. The van der Waals surface area contributed by atoms with E-state index < -0.39 is 0 Å². The molecule has 0 amide bonds. The van der Waals surface area contributed by atoms with Crippen LogP contribution in [-0.4, -0.2) is 51.2 Å². The van der Waals surface area contributed by atoms with Gasteiger partial charge in [-0.05, 0) is 12.5 Å². The average molecular weight is 302 g/mol. The van der Waals surface area contributed by atoms with Crippen LogP contribution in [0.1, 0.15) is 31.5 Å². The van der Waals surface area contributed by atoms with E-state index in [0.717, 1.165) is 69.6 Å². The van der Waals surface area contributed by atoms with Gasteiger partial charge in [0.15, 0.2) is 5.82 Å². The summed E-state index contributed by atoms with van der Waals surface area (Å²) in [5.41, 5.74) is 0. The molecule has 3 rings (SSSR count). The molecule has 0 atom stereocenters. The SMILES string of the molecule is CCCCc1noc(CN2CCN(c3ncccn3)CC2)n1. The molecular formula is C15H22N6O. The van der Waals surface area contributed by atoms with Crippen LogP contribution in [0.5, 0.6) is 0 Å². The van der Waals surface area contributed by atoms with Crippen LogP contribution in [0.15, 0.2) is 23.0 Å². The zero-order valence-electron chi connectivity index (χ0n) is 13.0. The van der Waals surface area contributed by atoms with Crippen molar-refractivity contribution in [1.82, 2.24) is 25.0 Å². The van der Waals surface area contributed by atoms with E-state index in [0.29, 0.717) is 0 Å². The molecule has 2 aromatic rings. The van der Waals surface area contributed by atoms with Gasteiger partial charge < -0.3 is 9.42 Å². The third-order valence-electron chi connectivity index (χ3n) is 3.83. The van der Waals surface area contributed by atoms with Crippen molar-refractivity contribution in [3.63, 3.8) is 0 Å². The molecule has 1 fully saturated rings. The lowest BCUT2D eigenvalue weighted by Crippen LogP contribution is -2.46. The van der Waals surface area contributed by atoms with Crippen LogP contribution < -0.4 is 4.90 Å². The predicted octanol–water partition coefficient (Wildman–Crippen LogP) is 1.52. The Morgan fingerprint density at radius 2 is 1.91 bits per heavy atom. The summed E-state index contributed by atoms with van der Waals surface area (Å²) in [6.07, 6.45) is 6.72. The molecule has 2 aromatic heterocycles. The summed E-state index contributed by atoms with van der Waals surface area (Å²) in [7, 11) is 0. The Kier molecular flexibility index (Phi) is 4.95. The smallest absolute Gasteiger partial charge is 0.240 e. The fourth-order valence-corrected chi connectivity index (χ4v) is 2.54. The summed E-state index contributed by atoms with van der Waals surface area (Å²) < 4.78 is 5.33. The highest BCUT2D eigenvalue weighted by Crippen LogP contribution is 2.12. The van der Waals surface area contributed by atoms with Crippen LogP contribution >= 0.6 is 0 Å². The van der Waals surface area contributed by atoms with Crippen molar-refractivity contribution < 1.29 is 4.52 Å². The van der Waals surface area contributed by atoms with Crippen molar-refractivity contribution in [3.8, 4) is 0 Å². The van der Waals surface area contributed by atoms with Gasteiger partial charge in [-0.25, -0.2) is 9.97 Å². The first-order valence-electron chi connectivity index (χ1n) is 7.91. The highest BCUT2D eigenvalue weighted by molar-refractivity contribution is 5.29. The molecule has 3 heterocycles. The molecular weight excluding hydrogens is 280 g/mol. The minimum atomic E-state index is 0.718. The van der Waals surface area contributed by atoms with E-state index in [4.69, 9.17) is 4.52 Å². The first kappa shape index (κ1) is 14.9. The number of rotatable bonds is 6. The van der Waals surface area contributed by atoms with E-state index in [-0.39, 0.29) is 0 Å². The molecule has 0 saturated carbocycles. The molecule has 0 spiro atoms. The van der Waals surface area contributed by atoms with Gasteiger partial charge in [-0.15, -0.1) is 0 Å². The second-order valence-electron chi connectivity index (χ2n) is 5.52. The molecule has 0 aromatic carbocycles. The van der Waals surface area contributed by atoms with E-state index >= 15 is 0 Å². The van der Waals surface area contributed by atoms with Crippen LogP contribution in [0.2, 0.25) is 0 Å². The Hall–Kier alpha value is -2.02. The molecule has 1 saturated heterocycles. The minimum Gasteiger partial charge on any atom is -0.338 e. The van der Waals surface area contributed by atoms with Crippen LogP contribution in [0.3, 0.4) is 0 Å². The van der Waals surface area contributed by atoms with Crippen molar-refractivity contribution in [2.45, 2.75) is 32.7 Å². The van der Waals surface area contributed by atoms with Gasteiger partial charge in [-0.1, -0.05) is 18.5 Å². The Morgan fingerprint density at radius 3 is 2.64 bits per heavy atom. The molecule has 118 valence electrons. The molecule has 1 aliphatic heterocycles. The van der Waals surface area contributed by atoms with E-state index in [1.165, 1.54) is 0 Å². The predicted molar refractivity (Wildman–Crippen MR) is 82.4 cm³/mol. The van der Waals surface area contributed by atoms with Gasteiger partial charge in [0.1, 0.15) is 0 Å².